The van der Waals surface area contributed by atoms with Gasteiger partial charge in [-0.3, -0.25) is 20.2 Å². The molecule has 0 atom stereocenters. The Morgan fingerprint density at radius 2 is 1.12 bits per heavy atom. The average molecular weight is 462 g/mol. The lowest BCUT2D eigenvalue weighted by molar-refractivity contribution is -0.386. The number of benzene rings is 2. The largest absolute Gasteiger partial charge is 0.501 e. The van der Waals surface area contributed by atoms with Crippen LogP contribution in [-0.4, -0.2) is 20.1 Å². The lowest BCUT2D eigenvalue weighted by Gasteiger charge is -2.01. The number of hydrogen-bond donors (Lipinski definition) is 2. The molecule has 0 aromatic heterocycles. The smallest absolute Gasteiger partial charge is 0.314 e. The van der Waals surface area contributed by atoms with E-state index in [0.29, 0.717) is 0 Å². The molecule has 0 amide bonds. The molecule has 0 aliphatic heterocycles. The molecule has 2 aromatic rings. The lowest BCUT2D eigenvalue weighted by atomic mass is 10.2. The SMILES string of the molecule is O=[N+]([O-])c1cc(N=Nc2cc(Br)c(O)c([N+](=O)[O-])c2)cc(Br)c1O. The molecule has 0 unspecified atom stereocenters. The molecule has 2 N–H and O–H groups in total. The number of phenols is 2. The van der Waals surface area contributed by atoms with Gasteiger partial charge in [0.05, 0.1) is 30.2 Å². The zero-order valence-corrected chi connectivity index (χ0v) is 14.6. The number of halogens is 2. The van der Waals surface area contributed by atoms with Crippen LogP contribution in [0.2, 0.25) is 0 Å². The van der Waals surface area contributed by atoms with Crippen molar-refractivity contribution >= 4 is 54.6 Å². The monoisotopic (exact) mass is 460 g/mol. The predicted molar refractivity (Wildman–Crippen MR) is 89.1 cm³/mol. The molecule has 0 aliphatic rings. The molecule has 0 saturated carbocycles. The fourth-order valence-corrected chi connectivity index (χ4v) is 2.53. The average Bonchev–Trinajstić information content (AvgIpc) is 2.50. The third kappa shape index (κ3) is 3.65. The molecule has 0 bridgehead atoms. The summed E-state index contributed by atoms with van der Waals surface area (Å²) in [6.45, 7) is 0. The summed E-state index contributed by atoms with van der Waals surface area (Å²) in [6.07, 6.45) is 0. The summed E-state index contributed by atoms with van der Waals surface area (Å²) >= 11 is 5.91. The molecule has 0 spiro atoms. The highest BCUT2D eigenvalue weighted by Crippen LogP contribution is 2.40. The van der Waals surface area contributed by atoms with Crippen LogP contribution in [0.1, 0.15) is 0 Å². The first-order valence-corrected chi connectivity index (χ1v) is 7.55. The van der Waals surface area contributed by atoms with Gasteiger partial charge in [0, 0.05) is 12.1 Å². The van der Waals surface area contributed by atoms with Gasteiger partial charge in [0.2, 0.25) is 11.5 Å². The van der Waals surface area contributed by atoms with Gasteiger partial charge >= 0.3 is 11.4 Å². The third-order valence-electron chi connectivity index (χ3n) is 2.73. The highest BCUT2D eigenvalue weighted by Gasteiger charge is 2.19. The van der Waals surface area contributed by atoms with Crippen molar-refractivity contribution in [3.63, 3.8) is 0 Å². The van der Waals surface area contributed by atoms with Crippen LogP contribution in [0.25, 0.3) is 0 Å². The minimum Gasteiger partial charge on any atom is -0.501 e. The van der Waals surface area contributed by atoms with Crippen LogP contribution in [0.3, 0.4) is 0 Å². The van der Waals surface area contributed by atoms with Crippen molar-refractivity contribution in [3.8, 4) is 11.5 Å². The van der Waals surface area contributed by atoms with E-state index in [1.54, 1.807) is 0 Å². The molecule has 10 nitrogen and oxygen atoms in total. The van der Waals surface area contributed by atoms with Crippen LogP contribution >= 0.6 is 31.9 Å². The maximum atomic E-state index is 10.8. The molecular formula is C12H6Br2N4O6. The number of azo groups is 1. The quantitative estimate of drug-likeness (QED) is 0.377. The Morgan fingerprint density at radius 3 is 1.42 bits per heavy atom. The molecule has 2 rings (SSSR count). The summed E-state index contributed by atoms with van der Waals surface area (Å²) in [4.78, 5) is 20.1. The van der Waals surface area contributed by atoms with E-state index in [2.05, 4.69) is 42.1 Å². The van der Waals surface area contributed by atoms with E-state index in [1.807, 2.05) is 0 Å². The van der Waals surface area contributed by atoms with Crippen molar-refractivity contribution in [2.24, 2.45) is 10.2 Å². The van der Waals surface area contributed by atoms with Gasteiger partial charge in [0.25, 0.3) is 0 Å². The Hall–Kier alpha value is -2.60. The van der Waals surface area contributed by atoms with E-state index >= 15 is 0 Å². The summed E-state index contributed by atoms with van der Waals surface area (Å²) in [7, 11) is 0. The van der Waals surface area contributed by atoms with Gasteiger partial charge in [-0.25, -0.2) is 0 Å². The molecule has 0 saturated heterocycles. The molecular weight excluding hydrogens is 456 g/mol. The van der Waals surface area contributed by atoms with Gasteiger partial charge in [0.1, 0.15) is 0 Å². The predicted octanol–water partition coefficient (Wildman–Crippen LogP) is 4.85. The van der Waals surface area contributed by atoms with Crippen LogP contribution in [0, 0.1) is 20.2 Å². The number of phenolic OH excluding ortho intramolecular Hbond substituents is 2. The van der Waals surface area contributed by atoms with Crippen molar-refractivity contribution in [2.75, 3.05) is 0 Å². The molecule has 0 aliphatic carbocycles. The highest BCUT2D eigenvalue weighted by molar-refractivity contribution is 9.11. The van der Waals surface area contributed by atoms with Crippen molar-refractivity contribution in [1.82, 2.24) is 0 Å². The minimum absolute atomic E-state index is 0.0400. The summed E-state index contributed by atoms with van der Waals surface area (Å²) in [5, 5.41) is 48.3. The molecule has 0 radical (unpaired) electrons. The van der Waals surface area contributed by atoms with E-state index in [-0.39, 0.29) is 20.3 Å². The second-order valence-electron chi connectivity index (χ2n) is 4.30. The molecule has 124 valence electrons. The van der Waals surface area contributed by atoms with Gasteiger partial charge in [-0.15, -0.1) is 0 Å². The number of nitro benzene ring substituents is 2. The fourth-order valence-electron chi connectivity index (χ4n) is 1.65. The third-order valence-corrected chi connectivity index (χ3v) is 3.94. The summed E-state index contributed by atoms with van der Waals surface area (Å²) < 4.78 is 0.0898. The maximum Gasteiger partial charge on any atom is 0.314 e. The number of aromatic hydroxyl groups is 2. The Balaban J connectivity index is 2.45. The van der Waals surface area contributed by atoms with Crippen molar-refractivity contribution in [3.05, 3.63) is 53.4 Å². The summed E-state index contributed by atoms with van der Waals surface area (Å²) in [5.41, 5.74) is -1.07. The van der Waals surface area contributed by atoms with Gasteiger partial charge in [-0.1, -0.05) is 0 Å². The van der Waals surface area contributed by atoms with Crippen LogP contribution in [0.4, 0.5) is 22.7 Å². The zero-order chi connectivity index (χ0) is 18.0. The normalized spacial score (nSPS) is 10.9. The minimum atomic E-state index is -0.791. The van der Waals surface area contributed by atoms with E-state index in [9.17, 15) is 30.4 Å². The van der Waals surface area contributed by atoms with Gasteiger partial charge in [-0.2, -0.15) is 10.2 Å². The molecule has 24 heavy (non-hydrogen) atoms. The lowest BCUT2D eigenvalue weighted by Crippen LogP contribution is -1.89. The Labute approximate surface area is 150 Å². The Kier molecular flexibility index (Phi) is 5.09. The van der Waals surface area contributed by atoms with Crippen molar-refractivity contribution < 1.29 is 20.1 Å². The molecule has 12 heteroatoms. The second-order valence-corrected chi connectivity index (χ2v) is 6.01. The summed E-state index contributed by atoms with van der Waals surface area (Å²) in [6, 6.07) is 4.56. The Morgan fingerprint density at radius 1 is 0.792 bits per heavy atom. The van der Waals surface area contributed by atoms with Gasteiger partial charge in [-0.05, 0) is 44.0 Å². The van der Waals surface area contributed by atoms with E-state index in [4.69, 9.17) is 0 Å². The second kappa shape index (κ2) is 6.88. The first-order chi connectivity index (χ1) is 11.2. The van der Waals surface area contributed by atoms with Crippen LogP contribution in [0.15, 0.2) is 43.4 Å². The van der Waals surface area contributed by atoms with Crippen LogP contribution < -0.4 is 0 Å². The number of nitro groups is 2. The fraction of sp³-hybridized carbons (Fsp3) is 0. The topological polar surface area (TPSA) is 151 Å². The molecule has 0 fully saturated rings. The maximum absolute atomic E-state index is 10.8. The van der Waals surface area contributed by atoms with E-state index in [0.717, 1.165) is 12.1 Å². The van der Waals surface area contributed by atoms with Gasteiger partial charge < -0.3 is 10.2 Å². The van der Waals surface area contributed by atoms with E-state index < -0.39 is 32.7 Å². The molecule has 0 heterocycles. The Bertz CT molecular complexity index is 815. The van der Waals surface area contributed by atoms with Gasteiger partial charge in [0.15, 0.2) is 0 Å². The summed E-state index contributed by atoms with van der Waals surface area (Å²) in [5.74, 6) is -1.11. The van der Waals surface area contributed by atoms with Crippen LogP contribution in [0.5, 0.6) is 11.5 Å². The molecule has 2 aromatic carbocycles. The zero-order valence-electron chi connectivity index (χ0n) is 11.4. The number of rotatable bonds is 4. The highest BCUT2D eigenvalue weighted by atomic mass is 79.9. The van der Waals surface area contributed by atoms with Crippen molar-refractivity contribution in [2.45, 2.75) is 0 Å². The number of hydrogen-bond acceptors (Lipinski definition) is 8. The van der Waals surface area contributed by atoms with Crippen LogP contribution in [-0.2, 0) is 0 Å². The first kappa shape index (κ1) is 17.7. The standard InChI is InChI=1S/C12H6Br2N4O6/c13-7-1-5(3-9(11(7)19)17(21)22)15-16-6-2-8(14)12(20)10(4-6)18(23)24/h1-4,19-20H. The first-order valence-electron chi connectivity index (χ1n) is 5.96. The van der Waals surface area contributed by atoms with E-state index in [1.165, 1.54) is 12.1 Å². The van der Waals surface area contributed by atoms with Crippen molar-refractivity contribution in [1.29, 1.82) is 0 Å². The number of nitrogens with zero attached hydrogens (tertiary/aromatic N) is 4.